The molecule has 0 aliphatic rings. The second-order valence-corrected chi connectivity index (χ2v) is 6.96. The van der Waals surface area contributed by atoms with Gasteiger partial charge in [0.1, 0.15) is 0 Å². The molecule has 0 saturated carbocycles. The van der Waals surface area contributed by atoms with Gasteiger partial charge in [-0.1, -0.05) is 86.8 Å². The average molecular weight is 431 g/mol. The molecule has 0 spiro atoms. The van der Waals surface area contributed by atoms with Crippen LogP contribution in [-0.2, 0) is 18.3 Å². The van der Waals surface area contributed by atoms with E-state index in [1.807, 2.05) is 12.1 Å². The van der Waals surface area contributed by atoms with Crippen LogP contribution in [0.5, 0.6) is 0 Å². The lowest BCUT2D eigenvalue weighted by Crippen LogP contribution is -2.33. The molecule has 21 heavy (non-hydrogen) atoms. The molecule has 3 heteroatoms. The van der Waals surface area contributed by atoms with Gasteiger partial charge in [0, 0.05) is 21.1 Å². The maximum absolute atomic E-state index is 6.18. The van der Waals surface area contributed by atoms with Gasteiger partial charge in [-0.2, -0.15) is 0 Å². The summed E-state index contributed by atoms with van der Waals surface area (Å²) in [6.07, 6.45) is 2.06. The Morgan fingerprint density at radius 3 is 2.10 bits per heavy atom. The highest BCUT2D eigenvalue weighted by molar-refractivity contribution is 9.09. The SMILES string of the molecule is CCc1ccc(CC(CBr)(CBr)c2cccc(Cl)c2)cc1. The van der Waals surface area contributed by atoms with Crippen molar-refractivity contribution in [1.82, 2.24) is 0 Å². The number of aryl methyl sites for hydroxylation is 1. The first kappa shape index (κ1) is 17.1. The van der Waals surface area contributed by atoms with E-state index in [0.717, 1.165) is 28.5 Å². The Hall–Kier alpha value is -0.310. The summed E-state index contributed by atoms with van der Waals surface area (Å²) in [4.78, 5) is 0. The van der Waals surface area contributed by atoms with Crippen LogP contribution in [0.25, 0.3) is 0 Å². The molecule has 0 fully saturated rings. The van der Waals surface area contributed by atoms with Crippen LogP contribution in [0, 0.1) is 0 Å². The molecular weight excluding hydrogens is 411 g/mol. The summed E-state index contributed by atoms with van der Waals surface area (Å²) in [6, 6.07) is 17.1. The van der Waals surface area contributed by atoms with E-state index in [-0.39, 0.29) is 5.41 Å². The molecule has 2 rings (SSSR count). The minimum atomic E-state index is 0.0125. The van der Waals surface area contributed by atoms with Crippen molar-refractivity contribution in [1.29, 1.82) is 0 Å². The Bertz CT molecular complexity index is 574. The Balaban J connectivity index is 2.33. The lowest BCUT2D eigenvalue weighted by Gasteiger charge is -2.31. The Labute approximate surface area is 149 Å². The van der Waals surface area contributed by atoms with Crippen molar-refractivity contribution in [2.24, 2.45) is 0 Å². The smallest absolute Gasteiger partial charge is 0.0408 e. The number of hydrogen-bond donors (Lipinski definition) is 0. The number of hydrogen-bond acceptors (Lipinski definition) is 0. The molecule has 0 N–H and O–H groups in total. The fraction of sp³-hybridized carbons (Fsp3) is 0.333. The Morgan fingerprint density at radius 2 is 1.57 bits per heavy atom. The summed E-state index contributed by atoms with van der Waals surface area (Å²) >= 11 is 13.6. The van der Waals surface area contributed by atoms with E-state index in [9.17, 15) is 0 Å². The third-order valence-electron chi connectivity index (χ3n) is 3.92. The van der Waals surface area contributed by atoms with Gasteiger partial charge in [-0.3, -0.25) is 0 Å². The zero-order valence-electron chi connectivity index (χ0n) is 12.1. The maximum atomic E-state index is 6.18. The van der Waals surface area contributed by atoms with Crippen molar-refractivity contribution in [2.45, 2.75) is 25.2 Å². The van der Waals surface area contributed by atoms with Gasteiger partial charge in [-0.25, -0.2) is 0 Å². The molecule has 0 aromatic heterocycles. The summed E-state index contributed by atoms with van der Waals surface area (Å²) in [5.74, 6) is 0. The predicted octanol–water partition coefficient (Wildman–Crippen LogP) is 6.17. The van der Waals surface area contributed by atoms with Crippen LogP contribution in [0.15, 0.2) is 48.5 Å². The highest BCUT2D eigenvalue weighted by Crippen LogP contribution is 2.34. The third-order valence-corrected chi connectivity index (χ3v) is 6.30. The topological polar surface area (TPSA) is 0 Å². The molecule has 0 saturated heterocycles. The van der Waals surface area contributed by atoms with Crippen molar-refractivity contribution >= 4 is 43.5 Å². The monoisotopic (exact) mass is 428 g/mol. The quantitative estimate of drug-likeness (QED) is 0.481. The van der Waals surface area contributed by atoms with Crippen LogP contribution < -0.4 is 0 Å². The summed E-state index contributed by atoms with van der Waals surface area (Å²) in [6.45, 7) is 2.18. The van der Waals surface area contributed by atoms with E-state index in [1.165, 1.54) is 16.7 Å². The lowest BCUT2D eigenvalue weighted by molar-refractivity contribution is 0.551. The van der Waals surface area contributed by atoms with Gasteiger partial charge in [-0.15, -0.1) is 0 Å². The molecule has 2 aromatic rings. The molecule has 0 unspecified atom stereocenters. The van der Waals surface area contributed by atoms with E-state index >= 15 is 0 Å². The second-order valence-electron chi connectivity index (χ2n) is 5.40. The molecule has 0 nitrogen and oxygen atoms in total. The predicted molar refractivity (Wildman–Crippen MR) is 100 cm³/mol. The first-order chi connectivity index (χ1) is 10.1. The van der Waals surface area contributed by atoms with Crippen LogP contribution in [-0.4, -0.2) is 10.7 Å². The molecule has 0 aliphatic heterocycles. The summed E-state index contributed by atoms with van der Waals surface area (Å²) < 4.78 is 0. The Kier molecular flexibility index (Phi) is 6.34. The number of halogens is 3. The average Bonchev–Trinajstić information content (AvgIpc) is 2.53. The van der Waals surface area contributed by atoms with Crippen LogP contribution >= 0.6 is 43.5 Å². The number of alkyl halides is 2. The summed E-state index contributed by atoms with van der Waals surface area (Å²) in [5.41, 5.74) is 4.01. The standard InChI is InChI=1S/C18H19Br2Cl/c1-2-14-6-8-15(9-7-14)11-18(12-19,13-20)16-4-3-5-17(21)10-16/h3-10H,2,11-13H2,1H3. The molecular formula is C18H19Br2Cl. The molecule has 0 radical (unpaired) electrons. The van der Waals surface area contributed by atoms with Crippen molar-refractivity contribution in [3.05, 3.63) is 70.2 Å². The van der Waals surface area contributed by atoms with Gasteiger partial charge in [0.2, 0.25) is 0 Å². The van der Waals surface area contributed by atoms with Gasteiger partial charge in [-0.05, 0) is 41.7 Å². The molecule has 0 heterocycles. The van der Waals surface area contributed by atoms with Crippen LogP contribution in [0.2, 0.25) is 5.02 Å². The van der Waals surface area contributed by atoms with E-state index in [4.69, 9.17) is 11.6 Å². The van der Waals surface area contributed by atoms with Gasteiger partial charge in [0.25, 0.3) is 0 Å². The molecule has 0 bridgehead atoms. The molecule has 0 aliphatic carbocycles. The fourth-order valence-electron chi connectivity index (χ4n) is 2.49. The minimum Gasteiger partial charge on any atom is -0.0918 e. The van der Waals surface area contributed by atoms with Crippen LogP contribution in [0.1, 0.15) is 23.6 Å². The second kappa shape index (κ2) is 7.80. The number of benzene rings is 2. The fourth-order valence-corrected chi connectivity index (χ4v) is 4.65. The minimum absolute atomic E-state index is 0.0125. The number of rotatable bonds is 6. The van der Waals surface area contributed by atoms with Crippen LogP contribution in [0.3, 0.4) is 0 Å². The van der Waals surface area contributed by atoms with Gasteiger partial charge >= 0.3 is 0 Å². The van der Waals surface area contributed by atoms with E-state index in [1.54, 1.807) is 0 Å². The third kappa shape index (κ3) is 4.12. The van der Waals surface area contributed by atoms with Crippen molar-refractivity contribution in [3.63, 3.8) is 0 Å². The van der Waals surface area contributed by atoms with E-state index in [2.05, 4.69) is 75.2 Å². The summed E-state index contributed by atoms with van der Waals surface area (Å²) in [7, 11) is 0. The molecule has 0 atom stereocenters. The maximum Gasteiger partial charge on any atom is 0.0408 e. The van der Waals surface area contributed by atoms with Gasteiger partial charge in [0.15, 0.2) is 0 Å². The Morgan fingerprint density at radius 1 is 0.952 bits per heavy atom. The van der Waals surface area contributed by atoms with Crippen molar-refractivity contribution < 1.29 is 0 Å². The zero-order valence-corrected chi connectivity index (χ0v) is 16.0. The zero-order chi connectivity index (χ0) is 15.3. The highest BCUT2D eigenvalue weighted by atomic mass is 79.9. The first-order valence-corrected chi connectivity index (χ1v) is 9.71. The summed E-state index contributed by atoms with van der Waals surface area (Å²) in [5, 5.41) is 2.57. The van der Waals surface area contributed by atoms with Gasteiger partial charge in [0.05, 0.1) is 0 Å². The molecule has 2 aromatic carbocycles. The molecule has 112 valence electrons. The molecule has 0 amide bonds. The highest BCUT2D eigenvalue weighted by Gasteiger charge is 2.30. The van der Waals surface area contributed by atoms with E-state index < -0.39 is 0 Å². The normalized spacial score (nSPS) is 11.6. The van der Waals surface area contributed by atoms with Crippen molar-refractivity contribution in [2.75, 3.05) is 10.7 Å². The van der Waals surface area contributed by atoms with Gasteiger partial charge < -0.3 is 0 Å². The van der Waals surface area contributed by atoms with Crippen LogP contribution in [0.4, 0.5) is 0 Å². The van der Waals surface area contributed by atoms with E-state index in [0.29, 0.717) is 0 Å². The largest absolute Gasteiger partial charge is 0.0918 e. The first-order valence-electron chi connectivity index (χ1n) is 7.09. The van der Waals surface area contributed by atoms with Crippen molar-refractivity contribution in [3.8, 4) is 0 Å². The lowest BCUT2D eigenvalue weighted by atomic mass is 9.79.